The Balaban J connectivity index is 2.01. The monoisotopic (exact) mass is 374 g/mol. The summed E-state index contributed by atoms with van der Waals surface area (Å²) in [5.41, 5.74) is 0.630. The van der Waals surface area contributed by atoms with Crippen LogP contribution >= 0.6 is 22.6 Å². The van der Waals surface area contributed by atoms with Crippen molar-refractivity contribution in [2.45, 2.75) is 19.8 Å². The van der Waals surface area contributed by atoms with Gasteiger partial charge in [-0.15, -0.1) is 0 Å². The predicted molar refractivity (Wildman–Crippen MR) is 80.5 cm³/mol. The zero-order valence-electron chi connectivity index (χ0n) is 10.5. The average Bonchev–Trinajstić information content (AvgIpc) is 3.08. The molecule has 0 bridgehead atoms. The molecule has 2 amide bonds. The number of rotatable bonds is 4. The fourth-order valence-electron chi connectivity index (χ4n) is 1.65. The first-order valence-electron chi connectivity index (χ1n) is 5.97. The van der Waals surface area contributed by atoms with Gasteiger partial charge in [-0.25, -0.2) is 9.59 Å². The lowest BCUT2D eigenvalue weighted by molar-refractivity contribution is 0.0698. The largest absolute Gasteiger partial charge is 0.478 e. The zero-order valence-corrected chi connectivity index (χ0v) is 12.7. The van der Waals surface area contributed by atoms with E-state index >= 15 is 0 Å². The fraction of sp³-hybridized carbons (Fsp3) is 0.385. The summed E-state index contributed by atoms with van der Waals surface area (Å²) in [5.74, 6) is -1.05. The summed E-state index contributed by atoms with van der Waals surface area (Å²) in [7, 11) is 0. The molecule has 0 heterocycles. The van der Waals surface area contributed by atoms with Gasteiger partial charge < -0.3 is 15.7 Å². The lowest BCUT2D eigenvalue weighted by Crippen LogP contribution is -2.33. The SMILES string of the molecule is CC1(CNC(=O)Nc2ccc(I)cc2C(=O)O)CC1. The lowest BCUT2D eigenvalue weighted by Gasteiger charge is -2.12. The van der Waals surface area contributed by atoms with Crippen LogP contribution in [0.3, 0.4) is 0 Å². The molecule has 6 heteroatoms. The second-order valence-electron chi connectivity index (χ2n) is 5.11. The maximum absolute atomic E-state index is 11.7. The highest BCUT2D eigenvalue weighted by Gasteiger charge is 2.37. The third-order valence-electron chi connectivity index (χ3n) is 3.24. The molecule has 1 aliphatic carbocycles. The molecule has 0 aromatic heterocycles. The molecule has 1 saturated carbocycles. The Morgan fingerprint density at radius 2 is 2.11 bits per heavy atom. The number of carboxylic acids is 1. The Kier molecular flexibility index (Phi) is 3.98. The first-order valence-corrected chi connectivity index (χ1v) is 7.05. The van der Waals surface area contributed by atoms with Crippen molar-refractivity contribution in [1.82, 2.24) is 5.32 Å². The van der Waals surface area contributed by atoms with Crippen LogP contribution < -0.4 is 10.6 Å². The molecule has 0 unspecified atom stereocenters. The van der Waals surface area contributed by atoms with E-state index in [-0.39, 0.29) is 17.0 Å². The van der Waals surface area contributed by atoms with Gasteiger partial charge in [-0.05, 0) is 59.0 Å². The van der Waals surface area contributed by atoms with Gasteiger partial charge in [-0.2, -0.15) is 0 Å². The Bertz CT molecular complexity index is 527. The van der Waals surface area contributed by atoms with Crippen LogP contribution in [-0.4, -0.2) is 23.7 Å². The van der Waals surface area contributed by atoms with E-state index in [1.807, 2.05) is 22.6 Å². The quantitative estimate of drug-likeness (QED) is 0.710. The maximum atomic E-state index is 11.7. The highest BCUT2D eigenvalue weighted by molar-refractivity contribution is 14.1. The molecule has 0 saturated heterocycles. The minimum absolute atomic E-state index is 0.0969. The number of halogens is 1. The van der Waals surface area contributed by atoms with E-state index in [0.29, 0.717) is 12.2 Å². The van der Waals surface area contributed by atoms with Crippen molar-refractivity contribution in [3.05, 3.63) is 27.3 Å². The third-order valence-corrected chi connectivity index (χ3v) is 3.91. The second kappa shape index (κ2) is 5.36. The van der Waals surface area contributed by atoms with Gasteiger partial charge in [0.2, 0.25) is 0 Å². The minimum atomic E-state index is -1.05. The summed E-state index contributed by atoms with van der Waals surface area (Å²) in [6, 6.07) is 4.52. The van der Waals surface area contributed by atoms with Crippen LogP contribution in [0, 0.1) is 8.99 Å². The molecule has 1 aromatic rings. The van der Waals surface area contributed by atoms with E-state index in [1.54, 1.807) is 12.1 Å². The molecule has 1 fully saturated rings. The number of benzene rings is 1. The Hall–Kier alpha value is -1.31. The van der Waals surface area contributed by atoms with Gasteiger partial charge in [0, 0.05) is 10.1 Å². The smallest absolute Gasteiger partial charge is 0.337 e. The van der Waals surface area contributed by atoms with Gasteiger partial charge in [-0.1, -0.05) is 6.92 Å². The van der Waals surface area contributed by atoms with Crippen LogP contribution in [0.2, 0.25) is 0 Å². The number of anilines is 1. The Morgan fingerprint density at radius 3 is 2.68 bits per heavy atom. The predicted octanol–water partition coefficient (Wildman–Crippen LogP) is 2.91. The molecular formula is C13H15IN2O3. The molecule has 0 aliphatic heterocycles. The lowest BCUT2D eigenvalue weighted by atomic mass is 10.1. The van der Waals surface area contributed by atoms with Crippen LogP contribution in [0.1, 0.15) is 30.1 Å². The van der Waals surface area contributed by atoms with Crippen molar-refractivity contribution in [3.8, 4) is 0 Å². The number of carbonyl (C=O) groups is 2. The number of nitrogens with one attached hydrogen (secondary N) is 2. The molecule has 1 aromatic carbocycles. The van der Waals surface area contributed by atoms with E-state index in [1.165, 1.54) is 6.07 Å². The van der Waals surface area contributed by atoms with Crippen LogP contribution in [0.25, 0.3) is 0 Å². The molecule has 3 N–H and O–H groups in total. The number of aromatic carboxylic acids is 1. The first-order chi connectivity index (χ1) is 8.89. The molecule has 19 heavy (non-hydrogen) atoms. The van der Waals surface area contributed by atoms with Gasteiger partial charge in [-0.3, -0.25) is 0 Å². The maximum Gasteiger partial charge on any atom is 0.337 e. The average molecular weight is 374 g/mol. The third kappa shape index (κ3) is 3.82. The molecule has 2 rings (SSSR count). The summed E-state index contributed by atoms with van der Waals surface area (Å²) < 4.78 is 0.812. The highest BCUT2D eigenvalue weighted by Crippen LogP contribution is 2.44. The highest BCUT2D eigenvalue weighted by atomic mass is 127. The summed E-state index contributed by atoms with van der Waals surface area (Å²) in [5, 5.41) is 14.5. The van der Waals surface area contributed by atoms with Gasteiger partial charge in [0.1, 0.15) is 0 Å². The van der Waals surface area contributed by atoms with Crippen molar-refractivity contribution in [3.63, 3.8) is 0 Å². The molecule has 5 nitrogen and oxygen atoms in total. The molecular weight excluding hydrogens is 359 g/mol. The zero-order chi connectivity index (χ0) is 14.0. The van der Waals surface area contributed by atoms with Crippen LogP contribution in [0.4, 0.5) is 10.5 Å². The van der Waals surface area contributed by atoms with Crippen LogP contribution in [0.15, 0.2) is 18.2 Å². The summed E-state index contributed by atoms with van der Waals surface area (Å²) in [6.45, 7) is 2.73. The standard InChI is InChI=1S/C13H15IN2O3/c1-13(4-5-13)7-15-12(19)16-10-3-2-8(14)6-9(10)11(17)18/h2-3,6H,4-5,7H2,1H3,(H,17,18)(H2,15,16,19). The number of amides is 2. The van der Waals surface area contributed by atoms with E-state index < -0.39 is 5.97 Å². The summed E-state index contributed by atoms with van der Waals surface area (Å²) >= 11 is 2.03. The van der Waals surface area contributed by atoms with E-state index in [4.69, 9.17) is 5.11 Å². The minimum Gasteiger partial charge on any atom is -0.478 e. The van der Waals surface area contributed by atoms with Crippen LogP contribution in [0.5, 0.6) is 0 Å². The van der Waals surface area contributed by atoms with Gasteiger partial charge in [0.15, 0.2) is 0 Å². The molecule has 0 radical (unpaired) electrons. The molecule has 102 valence electrons. The van der Waals surface area contributed by atoms with Crippen LogP contribution in [-0.2, 0) is 0 Å². The number of hydrogen-bond donors (Lipinski definition) is 3. The summed E-state index contributed by atoms with van der Waals surface area (Å²) in [6.07, 6.45) is 2.24. The van der Waals surface area contributed by atoms with Crippen molar-refractivity contribution < 1.29 is 14.7 Å². The number of hydrogen-bond acceptors (Lipinski definition) is 2. The number of carbonyl (C=O) groups excluding carboxylic acids is 1. The Labute approximate surface area is 124 Å². The molecule has 1 aliphatic rings. The van der Waals surface area contributed by atoms with E-state index in [2.05, 4.69) is 17.6 Å². The van der Waals surface area contributed by atoms with Crippen molar-refractivity contribution in [2.75, 3.05) is 11.9 Å². The number of urea groups is 1. The van der Waals surface area contributed by atoms with Crippen molar-refractivity contribution in [2.24, 2.45) is 5.41 Å². The normalized spacial score (nSPS) is 15.7. The molecule has 0 spiro atoms. The molecule has 0 atom stereocenters. The van der Waals surface area contributed by atoms with E-state index in [9.17, 15) is 9.59 Å². The first kappa shape index (κ1) is 14.1. The van der Waals surface area contributed by atoms with Crippen molar-refractivity contribution in [1.29, 1.82) is 0 Å². The Morgan fingerprint density at radius 1 is 1.42 bits per heavy atom. The van der Waals surface area contributed by atoms with Gasteiger partial charge >= 0.3 is 12.0 Å². The topological polar surface area (TPSA) is 78.4 Å². The second-order valence-corrected chi connectivity index (χ2v) is 6.36. The van der Waals surface area contributed by atoms with Gasteiger partial charge in [0.05, 0.1) is 11.3 Å². The fourth-order valence-corrected chi connectivity index (χ4v) is 2.14. The van der Waals surface area contributed by atoms with Crippen molar-refractivity contribution >= 4 is 40.3 Å². The number of carboxylic acid groups (broad SMARTS) is 1. The van der Waals surface area contributed by atoms with E-state index in [0.717, 1.165) is 16.4 Å². The summed E-state index contributed by atoms with van der Waals surface area (Å²) in [4.78, 5) is 22.8. The van der Waals surface area contributed by atoms with Gasteiger partial charge in [0.25, 0.3) is 0 Å².